The van der Waals surface area contributed by atoms with E-state index in [1.165, 1.54) is 0 Å². The third kappa shape index (κ3) is 3.67. The fourth-order valence-corrected chi connectivity index (χ4v) is 7.54. The zero-order chi connectivity index (χ0) is 31.1. The molecule has 0 unspecified atom stereocenters. The van der Waals surface area contributed by atoms with Gasteiger partial charge in [-0.05, 0) is 77.9 Å². The molecule has 0 saturated heterocycles. The maximum Gasteiger partial charge on any atom is 0.196 e. The first-order chi connectivity index (χ1) is 23.3. The second-order valence-corrected chi connectivity index (χ2v) is 12.0. The van der Waals surface area contributed by atoms with Crippen LogP contribution < -0.4 is 4.90 Å². The first-order valence-corrected chi connectivity index (χ1v) is 15.8. The number of anilines is 3. The van der Waals surface area contributed by atoms with Crippen molar-refractivity contribution < 1.29 is 9.21 Å². The summed E-state index contributed by atoms with van der Waals surface area (Å²) >= 11 is 0. The molecule has 2 aromatic heterocycles. The second-order valence-electron chi connectivity index (χ2n) is 12.0. The summed E-state index contributed by atoms with van der Waals surface area (Å²) in [4.78, 5) is 16.5. The molecule has 1 aliphatic rings. The van der Waals surface area contributed by atoms with Crippen molar-refractivity contribution in [3.05, 3.63) is 169 Å². The zero-order valence-corrected chi connectivity index (χ0v) is 25.2. The minimum atomic E-state index is 0.0644. The molecule has 9 aromatic rings. The van der Waals surface area contributed by atoms with Crippen molar-refractivity contribution in [3.63, 3.8) is 0 Å². The van der Waals surface area contributed by atoms with E-state index in [9.17, 15) is 4.79 Å². The highest BCUT2D eigenvalue weighted by atomic mass is 16.3. The second kappa shape index (κ2) is 9.80. The highest BCUT2D eigenvalue weighted by Crippen LogP contribution is 2.47. The van der Waals surface area contributed by atoms with Gasteiger partial charge in [-0.25, -0.2) is 0 Å². The lowest BCUT2D eigenvalue weighted by Crippen LogP contribution is -2.09. The van der Waals surface area contributed by atoms with E-state index in [1.807, 2.05) is 42.5 Å². The Morgan fingerprint density at radius 3 is 1.85 bits per heavy atom. The molecule has 0 aliphatic heterocycles. The number of para-hydroxylation sites is 3. The number of nitrogens with zero attached hydrogens (tertiary/aromatic N) is 2. The van der Waals surface area contributed by atoms with Crippen LogP contribution in [0.4, 0.5) is 17.1 Å². The van der Waals surface area contributed by atoms with E-state index in [-0.39, 0.29) is 5.78 Å². The number of aromatic nitrogens is 1. The molecule has 10 rings (SSSR count). The van der Waals surface area contributed by atoms with Gasteiger partial charge in [0, 0.05) is 49.9 Å². The molecule has 1 aliphatic carbocycles. The Kier molecular flexibility index (Phi) is 5.40. The minimum Gasteiger partial charge on any atom is -0.456 e. The van der Waals surface area contributed by atoms with Crippen molar-refractivity contribution in [2.45, 2.75) is 0 Å². The van der Waals surface area contributed by atoms with Crippen molar-refractivity contribution in [2.75, 3.05) is 4.90 Å². The van der Waals surface area contributed by atoms with E-state index in [0.717, 1.165) is 88.7 Å². The van der Waals surface area contributed by atoms with Gasteiger partial charge in [-0.1, -0.05) is 91.0 Å². The van der Waals surface area contributed by atoms with Crippen LogP contribution in [0, 0.1) is 0 Å². The number of rotatable bonds is 4. The van der Waals surface area contributed by atoms with Crippen LogP contribution in [0.15, 0.2) is 162 Å². The Morgan fingerprint density at radius 1 is 0.468 bits per heavy atom. The fourth-order valence-electron chi connectivity index (χ4n) is 7.54. The predicted molar refractivity (Wildman–Crippen MR) is 192 cm³/mol. The predicted octanol–water partition coefficient (Wildman–Crippen LogP) is 11.4. The first kappa shape index (κ1) is 25.9. The molecule has 4 nitrogen and oxygen atoms in total. The molecule has 2 heterocycles. The minimum absolute atomic E-state index is 0.0644. The first-order valence-electron chi connectivity index (χ1n) is 15.8. The van der Waals surface area contributed by atoms with Crippen LogP contribution in [-0.2, 0) is 0 Å². The topological polar surface area (TPSA) is 38.4 Å². The lowest BCUT2D eigenvalue weighted by atomic mass is 10.0. The molecule has 0 radical (unpaired) electrons. The van der Waals surface area contributed by atoms with Crippen molar-refractivity contribution in [3.8, 4) is 16.8 Å². The fraction of sp³-hybridized carbons (Fsp3) is 0. The number of carbonyl (C=O) groups is 1. The number of carbonyl (C=O) groups excluding carboxylic acids is 1. The number of benzene rings is 7. The number of hydrogen-bond acceptors (Lipinski definition) is 3. The van der Waals surface area contributed by atoms with Crippen LogP contribution in [-0.4, -0.2) is 10.4 Å². The SMILES string of the molecule is O=C1c2ccccc2-c2ccc3c4c5c(ccc4n(-c4ccc(N(c6ccccc6)c6ccccc6)cc4)c3c21)oc1ccccc15. The van der Waals surface area contributed by atoms with Gasteiger partial charge < -0.3 is 13.9 Å². The van der Waals surface area contributed by atoms with Crippen LogP contribution in [0.1, 0.15) is 15.9 Å². The third-order valence-corrected chi connectivity index (χ3v) is 9.52. The highest BCUT2D eigenvalue weighted by molar-refractivity contribution is 6.33. The monoisotopic (exact) mass is 602 g/mol. The summed E-state index contributed by atoms with van der Waals surface area (Å²) in [5.74, 6) is 0.0644. The number of furan rings is 1. The van der Waals surface area contributed by atoms with Gasteiger partial charge in [0.1, 0.15) is 11.2 Å². The maximum atomic E-state index is 14.2. The van der Waals surface area contributed by atoms with E-state index >= 15 is 0 Å². The molecule has 4 heteroatoms. The summed E-state index contributed by atoms with van der Waals surface area (Å²) in [5, 5.41) is 4.27. The van der Waals surface area contributed by atoms with Gasteiger partial charge in [0.05, 0.1) is 16.6 Å². The molecule has 0 saturated carbocycles. The Hall–Kier alpha value is -6.39. The average Bonchev–Trinajstić information content (AvgIpc) is 3.77. The Morgan fingerprint density at radius 2 is 1.11 bits per heavy atom. The smallest absolute Gasteiger partial charge is 0.196 e. The summed E-state index contributed by atoms with van der Waals surface area (Å²) in [6.07, 6.45) is 0. The molecule has 0 atom stereocenters. The van der Waals surface area contributed by atoms with Crippen LogP contribution in [0.5, 0.6) is 0 Å². The van der Waals surface area contributed by atoms with Gasteiger partial charge in [-0.3, -0.25) is 4.79 Å². The molecule has 0 bridgehead atoms. The van der Waals surface area contributed by atoms with Crippen LogP contribution >= 0.6 is 0 Å². The van der Waals surface area contributed by atoms with Crippen molar-refractivity contribution in [1.29, 1.82) is 0 Å². The summed E-state index contributed by atoms with van der Waals surface area (Å²) < 4.78 is 8.60. The van der Waals surface area contributed by atoms with Gasteiger partial charge in [-0.2, -0.15) is 0 Å². The lowest BCUT2D eigenvalue weighted by molar-refractivity contribution is 0.104. The average molecular weight is 603 g/mol. The quantitative estimate of drug-likeness (QED) is 0.201. The van der Waals surface area contributed by atoms with E-state index in [1.54, 1.807) is 0 Å². The maximum absolute atomic E-state index is 14.2. The Labute approximate surface area is 270 Å². The molecule has 47 heavy (non-hydrogen) atoms. The van der Waals surface area contributed by atoms with Gasteiger partial charge in [-0.15, -0.1) is 0 Å². The standard InChI is InChI=1S/C43H26N2O2/c46-43-33-16-8-7-15-31(33)32-23-24-35-39-36(25-26-38-40(39)34-17-9-10-18-37(34)47-38)45(42(35)41(32)43)30-21-19-29(20-22-30)44(27-11-3-1-4-12-27)28-13-5-2-6-14-28/h1-26H. The molecule has 220 valence electrons. The number of ketones is 1. The summed E-state index contributed by atoms with van der Waals surface area (Å²) in [7, 11) is 0. The molecular weight excluding hydrogens is 576 g/mol. The highest BCUT2D eigenvalue weighted by Gasteiger charge is 2.32. The van der Waals surface area contributed by atoms with Gasteiger partial charge in [0.25, 0.3) is 0 Å². The Balaban J connectivity index is 1.27. The number of fused-ring (bicyclic) bond motifs is 11. The molecule has 7 aromatic carbocycles. The summed E-state index contributed by atoms with van der Waals surface area (Å²) in [5.41, 5.74) is 11.3. The molecule has 0 N–H and O–H groups in total. The van der Waals surface area contributed by atoms with Crippen molar-refractivity contribution >= 4 is 66.6 Å². The van der Waals surface area contributed by atoms with Crippen LogP contribution in [0.2, 0.25) is 0 Å². The van der Waals surface area contributed by atoms with Crippen LogP contribution in [0.3, 0.4) is 0 Å². The molecular formula is C43H26N2O2. The van der Waals surface area contributed by atoms with E-state index in [0.29, 0.717) is 0 Å². The van der Waals surface area contributed by atoms with E-state index in [2.05, 4.69) is 125 Å². The largest absolute Gasteiger partial charge is 0.456 e. The lowest BCUT2D eigenvalue weighted by Gasteiger charge is -2.25. The van der Waals surface area contributed by atoms with Gasteiger partial charge in [0.2, 0.25) is 0 Å². The van der Waals surface area contributed by atoms with E-state index in [4.69, 9.17) is 4.42 Å². The Bertz CT molecular complexity index is 2640. The summed E-state index contributed by atoms with van der Waals surface area (Å²) in [6, 6.07) is 54.1. The molecule has 0 spiro atoms. The van der Waals surface area contributed by atoms with Crippen LogP contribution in [0.25, 0.3) is 60.6 Å². The number of hydrogen-bond donors (Lipinski definition) is 0. The zero-order valence-electron chi connectivity index (χ0n) is 25.2. The van der Waals surface area contributed by atoms with Crippen molar-refractivity contribution in [2.24, 2.45) is 0 Å². The summed E-state index contributed by atoms with van der Waals surface area (Å²) in [6.45, 7) is 0. The van der Waals surface area contributed by atoms with E-state index < -0.39 is 0 Å². The normalized spacial score (nSPS) is 12.3. The molecule has 0 fully saturated rings. The van der Waals surface area contributed by atoms with Gasteiger partial charge >= 0.3 is 0 Å². The van der Waals surface area contributed by atoms with Crippen molar-refractivity contribution in [1.82, 2.24) is 4.57 Å². The third-order valence-electron chi connectivity index (χ3n) is 9.52. The molecule has 0 amide bonds. The van der Waals surface area contributed by atoms with Gasteiger partial charge in [0.15, 0.2) is 5.78 Å².